The smallest absolute Gasteiger partial charge is 0.0469 e. The Bertz CT molecular complexity index is 299. The van der Waals surface area contributed by atoms with Crippen molar-refractivity contribution in [2.75, 3.05) is 19.8 Å². The molecule has 1 aromatic carbocycles. The highest BCUT2D eigenvalue weighted by Gasteiger charge is 2.07. The van der Waals surface area contributed by atoms with Crippen LogP contribution in [0, 0.1) is 12.8 Å². The molecule has 0 amide bonds. The monoisotopic (exact) mass is 221 g/mol. The predicted molar refractivity (Wildman–Crippen MR) is 68.5 cm³/mol. The van der Waals surface area contributed by atoms with Gasteiger partial charge >= 0.3 is 0 Å². The van der Waals surface area contributed by atoms with E-state index in [0.717, 1.165) is 32.6 Å². The Kier molecular flexibility index (Phi) is 6.12. The summed E-state index contributed by atoms with van der Waals surface area (Å²) >= 11 is 0. The first kappa shape index (κ1) is 13.2. The van der Waals surface area contributed by atoms with Crippen LogP contribution in [0.1, 0.15) is 24.5 Å². The van der Waals surface area contributed by atoms with E-state index in [4.69, 9.17) is 10.5 Å². The molecule has 0 heterocycles. The molecule has 0 aliphatic carbocycles. The van der Waals surface area contributed by atoms with Crippen molar-refractivity contribution in [3.8, 4) is 0 Å². The van der Waals surface area contributed by atoms with Crippen LogP contribution < -0.4 is 5.73 Å². The largest absolute Gasteiger partial charge is 0.382 e. The summed E-state index contributed by atoms with van der Waals surface area (Å²) in [6, 6.07) is 8.65. The summed E-state index contributed by atoms with van der Waals surface area (Å²) in [5, 5.41) is 0. The molecule has 16 heavy (non-hydrogen) atoms. The molecule has 2 N–H and O–H groups in total. The minimum absolute atomic E-state index is 0.536. The molecular weight excluding hydrogens is 198 g/mol. The van der Waals surface area contributed by atoms with Gasteiger partial charge in [0, 0.05) is 13.2 Å². The molecule has 0 aliphatic heterocycles. The molecule has 2 heteroatoms. The van der Waals surface area contributed by atoms with E-state index in [1.165, 1.54) is 11.1 Å². The van der Waals surface area contributed by atoms with Crippen molar-refractivity contribution in [2.24, 2.45) is 11.7 Å². The van der Waals surface area contributed by atoms with E-state index in [1.807, 2.05) is 6.92 Å². The first-order valence-corrected chi connectivity index (χ1v) is 6.09. The van der Waals surface area contributed by atoms with E-state index in [-0.39, 0.29) is 0 Å². The molecular formula is C14H23NO. The summed E-state index contributed by atoms with van der Waals surface area (Å²) in [6.07, 6.45) is 2.11. The van der Waals surface area contributed by atoms with Gasteiger partial charge in [0.1, 0.15) is 0 Å². The standard InChI is InChI=1S/C14H23NO/c1-3-16-8-7-14(11-15)10-13-6-4-5-12(2)9-13/h4-6,9,14H,3,7-8,10-11,15H2,1-2H3. The fourth-order valence-corrected chi connectivity index (χ4v) is 1.87. The number of hydrogen-bond acceptors (Lipinski definition) is 2. The average molecular weight is 221 g/mol. The fraction of sp³-hybridized carbons (Fsp3) is 0.571. The quantitative estimate of drug-likeness (QED) is 0.718. The van der Waals surface area contributed by atoms with E-state index < -0.39 is 0 Å². The topological polar surface area (TPSA) is 35.2 Å². The Labute approximate surface area is 98.8 Å². The summed E-state index contributed by atoms with van der Waals surface area (Å²) in [6.45, 7) is 6.51. The predicted octanol–water partition coefficient (Wildman–Crippen LogP) is 2.54. The fourth-order valence-electron chi connectivity index (χ4n) is 1.87. The summed E-state index contributed by atoms with van der Waals surface area (Å²) in [5.41, 5.74) is 8.48. The van der Waals surface area contributed by atoms with Gasteiger partial charge in [0.25, 0.3) is 0 Å². The van der Waals surface area contributed by atoms with Gasteiger partial charge in [-0.15, -0.1) is 0 Å². The molecule has 1 atom stereocenters. The van der Waals surface area contributed by atoms with E-state index >= 15 is 0 Å². The lowest BCUT2D eigenvalue weighted by atomic mass is 9.96. The Balaban J connectivity index is 2.43. The second kappa shape index (κ2) is 7.42. The van der Waals surface area contributed by atoms with Gasteiger partial charge < -0.3 is 10.5 Å². The van der Waals surface area contributed by atoms with Crippen LogP contribution in [0.15, 0.2) is 24.3 Å². The summed E-state index contributed by atoms with van der Waals surface area (Å²) < 4.78 is 5.37. The lowest BCUT2D eigenvalue weighted by molar-refractivity contribution is 0.133. The molecule has 0 spiro atoms. The lowest BCUT2D eigenvalue weighted by Crippen LogP contribution is -2.19. The van der Waals surface area contributed by atoms with Crippen molar-refractivity contribution in [1.82, 2.24) is 0 Å². The number of nitrogens with two attached hydrogens (primary N) is 1. The molecule has 0 aromatic heterocycles. The van der Waals surface area contributed by atoms with Gasteiger partial charge in [-0.25, -0.2) is 0 Å². The number of benzene rings is 1. The maximum Gasteiger partial charge on any atom is 0.0469 e. The third-order valence-electron chi connectivity index (χ3n) is 2.81. The van der Waals surface area contributed by atoms with E-state index in [1.54, 1.807) is 0 Å². The minimum Gasteiger partial charge on any atom is -0.382 e. The van der Waals surface area contributed by atoms with Crippen LogP contribution in [0.5, 0.6) is 0 Å². The van der Waals surface area contributed by atoms with Crippen molar-refractivity contribution in [1.29, 1.82) is 0 Å². The molecule has 2 nitrogen and oxygen atoms in total. The van der Waals surface area contributed by atoms with Crippen molar-refractivity contribution in [3.05, 3.63) is 35.4 Å². The SMILES string of the molecule is CCOCCC(CN)Cc1cccc(C)c1. The molecule has 90 valence electrons. The zero-order chi connectivity index (χ0) is 11.8. The third kappa shape index (κ3) is 4.77. The number of ether oxygens (including phenoxy) is 1. The molecule has 0 saturated heterocycles. The van der Waals surface area contributed by atoms with Gasteiger partial charge in [0.2, 0.25) is 0 Å². The third-order valence-corrected chi connectivity index (χ3v) is 2.81. The Morgan fingerprint density at radius 3 is 2.81 bits per heavy atom. The van der Waals surface area contributed by atoms with Crippen molar-refractivity contribution in [2.45, 2.75) is 26.7 Å². The second-order valence-electron chi connectivity index (χ2n) is 4.28. The first-order valence-electron chi connectivity index (χ1n) is 6.09. The van der Waals surface area contributed by atoms with Crippen LogP contribution in [-0.2, 0) is 11.2 Å². The van der Waals surface area contributed by atoms with Gasteiger partial charge in [-0.1, -0.05) is 29.8 Å². The van der Waals surface area contributed by atoms with Crippen LogP contribution in [0.2, 0.25) is 0 Å². The van der Waals surface area contributed by atoms with Crippen molar-refractivity contribution in [3.63, 3.8) is 0 Å². The molecule has 0 fully saturated rings. The number of hydrogen-bond donors (Lipinski definition) is 1. The van der Waals surface area contributed by atoms with Crippen molar-refractivity contribution < 1.29 is 4.74 Å². The lowest BCUT2D eigenvalue weighted by Gasteiger charge is -2.14. The molecule has 0 bridgehead atoms. The number of aryl methyl sites for hydroxylation is 1. The molecule has 0 radical (unpaired) electrons. The molecule has 0 saturated carbocycles. The normalized spacial score (nSPS) is 12.7. The highest BCUT2D eigenvalue weighted by atomic mass is 16.5. The van der Waals surface area contributed by atoms with Gasteiger partial charge in [-0.2, -0.15) is 0 Å². The average Bonchev–Trinajstić information content (AvgIpc) is 2.28. The zero-order valence-corrected chi connectivity index (χ0v) is 10.4. The summed E-state index contributed by atoms with van der Waals surface area (Å²) in [5.74, 6) is 0.536. The second-order valence-corrected chi connectivity index (χ2v) is 4.28. The summed E-state index contributed by atoms with van der Waals surface area (Å²) in [7, 11) is 0. The van der Waals surface area contributed by atoms with Crippen LogP contribution in [0.25, 0.3) is 0 Å². The van der Waals surface area contributed by atoms with Crippen LogP contribution in [0.4, 0.5) is 0 Å². The van der Waals surface area contributed by atoms with Crippen LogP contribution in [-0.4, -0.2) is 19.8 Å². The number of rotatable bonds is 7. The van der Waals surface area contributed by atoms with Gasteiger partial charge in [0.15, 0.2) is 0 Å². The molecule has 1 rings (SSSR count). The highest BCUT2D eigenvalue weighted by molar-refractivity contribution is 5.22. The van der Waals surface area contributed by atoms with Gasteiger partial charge in [0.05, 0.1) is 0 Å². The summed E-state index contributed by atoms with van der Waals surface area (Å²) in [4.78, 5) is 0. The van der Waals surface area contributed by atoms with E-state index in [9.17, 15) is 0 Å². The first-order chi connectivity index (χ1) is 7.76. The highest BCUT2D eigenvalue weighted by Crippen LogP contribution is 2.13. The van der Waals surface area contributed by atoms with E-state index in [0.29, 0.717) is 5.92 Å². The van der Waals surface area contributed by atoms with Gasteiger partial charge in [-0.3, -0.25) is 0 Å². The zero-order valence-electron chi connectivity index (χ0n) is 10.4. The Hall–Kier alpha value is -0.860. The van der Waals surface area contributed by atoms with Gasteiger partial charge in [-0.05, 0) is 44.7 Å². The van der Waals surface area contributed by atoms with Crippen LogP contribution in [0.3, 0.4) is 0 Å². The molecule has 0 aliphatic rings. The Morgan fingerprint density at radius 2 is 2.19 bits per heavy atom. The Morgan fingerprint density at radius 1 is 1.38 bits per heavy atom. The molecule has 1 unspecified atom stereocenters. The molecule has 1 aromatic rings. The minimum atomic E-state index is 0.536. The van der Waals surface area contributed by atoms with Crippen molar-refractivity contribution >= 4 is 0 Å². The maximum atomic E-state index is 5.79. The van der Waals surface area contributed by atoms with E-state index in [2.05, 4.69) is 31.2 Å². The maximum absolute atomic E-state index is 5.79. The van der Waals surface area contributed by atoms with Crippen LogP contribution >= 0.6 is 0 Å².